The summed E-state index contributed by atoms with van der Waals surface area (Å²) in [7, 11) is 2.04. The van der Waals surface area contributed by atoms with E-state index in [4.69, 9.17) is 4.74 Å². The molecule has 0 spiro atoms. The Kier molecular flexibility index (Phi) is 5.81. The molecule has 0 saturated heterocycles. The summed E-state index contributed by atoms with van der Waals surface area (Å²) in [5.41, 5.74) is 0. The molecule has 2 unspecified atom stereocenters. The molecule has 0 aromatic carbocycles. The van der Waals surface area contributed by atoms with Gasteiger partial charge in [-0.25, -0.2) is 0 Å². The molecule has 1 rings (SSSR count). The molecule has 0 aliphatic heterocycles. The third kappa shape index (κ3) is 4.12. The number of esters is 1. The first-order valence-corrected chi connectivity index (χ1v) is 6.53. The van der Waals surface area contributed by atoms with Gasteiger partial charge in [0.25, 0.3) is 0 Å². The van der Waals surface area contributed by atoms with E-state index in [1.165, 1.54) is 32.1 Å². The molecule has 0 heterocycles. The third-order valence-corrected chi connectivity index (χ3v) is 3.64. The Bertz CT molecular complexity index is 218. The van der Waals surface area contributed by atoms with E-state index in [2.05, 4.69) is 11.8 Å². The summed E-state index contributed by atoms with van der Waals surface area (Å²) in [6.45, 7) is 5.04. The average Bonchev–Trinajstić information content (AvgIpc) is 2.29. The molecule has 0 radical (unpaired) electrons. The van der Waals surface area contributed by atoms with Crippen molar-refractivity contribution in [3.63, 3.8) is 0 Å². The van der Waals surface area contributed by atoms with Crippen LogP contribution in [0.1, 0.15) is 46.0 Å². The second-order valence-corrected chi connectivity index (χ2v) is 4.81. The molecule has 0 aromatic rings. The lowest BCUT2D eigenvalue weighted by molar-refractivity contribution is -0.144. The maximum Gasteiger partial charge on any atom is 0.320 e. The van der Waals surface area contributed by atoms with Crippen LogP contribution in [0.25, 0.3) is 0 Å². The second-order valence-electron chi connectivity index (χ2n) is 4.81. The number of hydrogen-bond acceptors (Lipinski definition) is 3. The number of ether oxygens (including phenoxy) is 1. The van der Waals surface area contributed by atoms with Crippen LogP contribution in [0.15, 0.2) is 0 Å². The first-order chi connectivity index (χ1) is 7.67. The largest absolute Gasteiger partial charge is 0.465 e. The molecule has 1 saturated carbocycles. The van der Waals surface area contributed by atoms with Crippen molar-refractivity contribution in [2.45, 2.75) is 52.0 Å². The van der Waals surface area contributed by atoms with Gasteiger partial charge in [0.2, 0.25) is 0 Å². The van der Waals surface area contributed by atoms with Crippen molar-refractivity contribution in [1.82, 2.24) is 4.90 Å². The summed E-state index contributed by atoms with van der Waals surface area (Å²) in [6, 6.07) is 0.572. The maximum atomic E-state index is 11.4. The van der Waals surface area contributed by atoms with Crippen LogP contribution >= 0.6 is 0 Å². The molecule has 1 aliphatic rings. The number of hydrogen-bond donors (Lipinski definition) is 0. The molecule has 3 nitrogen and oxygen atoms in total. The fourth-order valence-corrected chi connectivity index (χ4v) is 2.57. The van der Waals surface area contributed by atoms with Gasteiger partial charge < -0.3 is 4.74 Å². The van der Waals surface area contributed by atoms with E-state index in [1.807, 2.05) is 14.0 Å². The van der Waals surface area contributed by atoms with Gasteiger partial charge in [-0.05, 0) is 32.7 Å². The van der Waals surface area contributed by atoms with Crippen molar-refractivity contribution < 1.29 is 9.53 Å². The van der Waals surface area contributed by atoms with Gasteiger partial charge in [0.1, 0.15) is 0 Å². The fourth-order valence-electron chi connectivity index (χ4n) is 2.57. The smallest absolute Gasteiger partial charge is 0.320 e. The first-order valence-electron chi connectivity index (χ1n) is 6.53. The third-order valence-electron chi connectivity index (χ3n) is 3.64. The van der Waals surface area contributed by atoms with Gasteiger partial charge in [0.05, 0.1) is 13.2 Å². The van der Waals surface area contributed by atoms with Crippen LogP contribution in [0.2, 0.25) is 0 Å². The summed E-state index contributed by atoms with van der Waals surface area (Å²) in [4.78, 5) is 13.5. The molecule has 3 heteroatoms. The van der Waals surface area contributed by atoms with Gasteiger partial charge >= 0.3 is 5.97 Å². The van der Waals surface area contributed by atoms with Crippen LogP contribution in [0.3, 0.4) is 0 Å². The second kappa shape index (κ2) is 6.89. The van der Waals surface area contributed by atoms with Crippen LogP contribution < -0.4 is 0 Å². The van der Waals surface area contributed by atoms with Crippen molar-refractivity contribution in [2.24, 2.45) is 5.92 Å². The Hall–Kier alpha value is -0.570. The lowest BCUT2D eigenvalue weighted by Crippen LogP contribution is -2.39. The summed E-state index contributed by atoms with van der Waals surface area (Å²) < 4.78 is 4.98. The normalized spacial score (nSPS) is 25.8. The first kappa shape index (κ1) is 13.5. The quantitative estimate of drug-likeness (QED) is 0.676. The molecule has 1 fully saturated rings. The molecule has 2 atom stereocenters. The Morgan fingerprint density at radius 3 is 2.75 bits per heavy atom. The summed E-state index contributed by atoms with van der Waals surface area (Å²) >= 11 is 0. The Labute approximate surface area is 99.1 Å². The fraction of sp³-hybridized carbons (Fsp3) is 0.923. The summed E-state index contributed by atoms with van der Waals surface area (Å²) in [6.07, 6.45) is 6.40. The van der Waals surface area contributed by atoms with E-state index >= 15 is 0 Å². The molecular weight excluding hydrogens is 202 g/mol. The van der Waals surface area contributed by atoms with E-state index in [9.17, 15) is 4.79 Å². The number of carbonyl (C=O) groups is 1. The van der Waals surface area contributed by atoms with Crippen molar-refractivity contribution in [3.8, 4) is 0 Å². The minimum Gasteiger partial charge on any atom is -0.465 e. The topological polar surface area (TPSA) is 29.5 Å². The maximum absolute atomic E-state index is 11.4. The highest BCUT2D eigenvalue weighted by molar-refractivity contribution is 5.71. The van der Waals surface area contributed by atoms with Crippen LogP contribution in [0.5, 0.6) is 0 Å². The number of carbonyl (C=O) groups excluding carboxylic acids is 1. The number of rotatable bonds is 5. The van der Waals surface area contributed by atoms with E-state index in [1.54, 1.807) is 0 Å². The monoisotopic (exact) mass is 227 g/mol. The molecule has 0 N–H and O–H groups in total. The zero-order chi connectivity index (χ0) is 12.0. The standard InChI is InChI=1S/C13H25NO2/c1-4-11-7-6-8-12(9-11)14(3)10-13(15)16-5-2/h11-12H,4-10H2,1-3H3. The summed E-state index contributed by atoms with van der Waals surface area (Å²) in [5, 5.41) is 0. The highest BCUT2D eigenvalue weighted by atomic mass is 16.5. The predicted molar refractivity (Wildman–Crippen MR) is 65.3 cm³/mol. The van der Waals surface area contributed by atoms with Gasteiger partial charge in [0.15, 0.2) is 0 Å². The van der Waals surface area contributed by atoms with Crippen LogP contribution in [-0.2, 0) is 9.53 Å². The SMILES string of the molecule is CCOC(=O)CN(C)C1CCCC(CC)C1. The average molecular weight is 227 g/mol. The van der Waals surface area contributed by atoms with Crippen molar-refractivity contribution in [2.75, 3.05) is 20.2 Å². The zero-order valence-corrected chi connectivity index (χ0v) is 10.9. The number of nitrogens with zero attached hydrogens (tertiary/aromatic N) is 1. The Morgan fingerprint density at radius 1 is 1.38 bits per heavy atom. The van der Waals surface area contributed by atoms with Crippen LogP contribution in [0.4, 0.5) is 0 Å². The molecule has 94 valence electrons. The lowest BCUT2D eigenvalue weighted by Gasteiger charge is -2.34. The molecule has 0 aromatic heterocycles. The predicted octanol–water partition coefficient (Wildman–Crippen LogP) is 2.45. The van der Waals surface area contributed by atoms with Crippen molar-refractivity contribution in [3.05, 3.63) is 0 Å². The molecule has 0 amide bonds. The van der Waals surface area contributed by atoms with E-state index in [0.717, 1.165) is 5.92 Å². The van der Waals surface area contributed by atoms with Gasteiger partial charge in [-0.3, -0.25) is 9.69 Å². The van der Waals surface area contributed by atoms with Crippen molar-refractivity contribution >= 4 is 5.97 Å². The minimum absolute atomic E-state index is 0.0939. The molecule has 16 heavy (non-hydrogen) atoms. The summed E-state index contributed by atoms with van der Waals surface area (Å²) in [5.74, 6) is 0.756. The van der Waals surface area contributed by atoms with Crippen molar-refractivity contribution in [1.29, 1.82) is 0 Å². The molecule has 0 bridgehead atoms. The minimum atomic E-state index is -0.0939. The Morgan fingerprint density at radius 2 is 2.12 bits per heavy atom. The van der Waals surface area contributed by atoms with E-state index < -0.39 is 0 Å². The van der Waals surface area contributed by atoms with Gasteiger partial charge in [-0.2, -0.15) is 0 Å². The zero-order valence-electron chi connectivity index (χ0n) is 10.9. The van der Waals surface area contributed by atoms with E-state index in [-0.39, 0.29) is 5.97 Å². The van der Waals surface area contributed by atoms with Crippen LogP contribution in [-0.4, -0.2) is 37.1 Å². The van der Waals surface area contributed by atoms with Gasteiger partial charge in [-0.15, -0.1) is 0 Å². The lowest BCUT2D eigenvalue weighted by atomic mass is 9.83. The van der Waals surface area contributed by atoms with Crippen LogP contribution in [0, 0.1) is 5.92 Å². The Balaban J connectivity index is 2.34. The van der Waals surface area contributed by atoms with Gasteiger partial charge in [-0.1, -0.05) is 26.2 Å². The highest BCUT2D eigenvalue weighted by Crippen LogP contribution is 2.28. The van der Waals surface area contributed by atoms with E-state index in [0.29, 0.717) is 19.2 Å². The highest BCUT2D eigenvalue weighted by Gasteiger charge is 2.24. The molecular formula is C13H25NO2. The van der Waals surface area contributed by atoms with Gasteiger partial charge in [0, 0.05) is 6.04 Å². The molecule has 1 aliphatic carbocycles. The number of likely N-dealkylation sites (N-methyl/N-ethyl adjacent to an activating group) is 1.